The summed E-state index contributed by atoms with van der Waals surface area (Å²) in [5.74, 6) is 0. The molecule has 0 bridgehead atoms. The number of aliphatic hydroxyl groups is 1. The topological polar surface area (TPSA) is 57.6 Å². The van der Waals surface area contributed by atoms with Gasteiger partial charge in [-0.2, -0.15) is 0 Å². The van der Waals surface area contributed by atoms with Gasteiger partial charge in [0.25, 0.3) is 0 Å². The van der Waals surface area contributed by atoms with E-state index in [0.717, 1.165) is 25.7 Å². The fraction of sp³-hybridized carbons (Fsp3) is 1.00. The summed E-state index contributed by atoms with van der Waals surface area (Å²) in [5.41, 5.74) is 0. The molecule has 1 saturated carbocycles. The van der Waals surface area contributed by atoms with Gasteiger partial charge in [-0.3, -0.25) is 0 Å². The largest absolute Gasteiger partial charge is 0.393 e. The van der Waals surface area contributed by atoms with Gasteiger partial charge in [0.15, 0.2) is 0 Å². The summed E-state index contributed by atoms with van der Waals surface area (Å²) in [4.78, 5) is 0. The first-order valence-corrected chi connectivity index (χ1v) is 6.78. The standard InChI is InChI=1S/C9H17NO3S/c11-8-2-1-6-10(7-5-8)14(12,13)9-3-4-9/h8-9,11H,1-7H2. The molecule has 0 aromatic rings. The fourth-order valence-corrected chi connectivity index (χ4v) is 3.78. The van der Waals surface area contributed by atoms with Gasteiger partial charge in [-0.15, -0.1) is 0 Å². The van der Waals surface area contributed by atoms with E-state index in [0.29, 0.717) is 19.5 Å². The van der Waals surface area contributed by atoms with Crippen LogP contribution in [-0.2, 0) is 10.0 Å². The molecule has 2 fully saturated rings. The van der Waals surface area contributed by atoms with Gasteiger partial charge in [0.2, 0.25) is 10.0 Å². The fourth-order valence-electron chi connectivity index (χ4n) is 1.88. The average molecular weight is 219 g/mol. The Labute approximate surface area is 85.0 Å². The van der Waals surface area contributed by atoms with Gasteiger partial charge in [0.1, 0.15) is 0 Å². The highest BCUT2D eigenvalue weighted by atomic mass is 32.2. The van der Waals surface area contributed by atoms with Gasteiger partial charge in [0.05, 0.1) is 11.4 Å². The van der Waals surface area contributed by atoms with Crippen LogP contribution in [0.5, 0.6) is 0 Å². The third-order valence-electron chi connectivity index (χ3n) is 2.96. The van der Waals surface area contributed by atoms with Crippen LogP contribution in [0.3, 0.4) is 0 Å². The second kappa shape index (κ2) is 3.79. The summed E-state index contributed by atoms with van der Waals surface area (Å²) in [5, 5.41) is 9.29. The Kier molecular flexibility index (Phi) is 2.81. The smallest absolute Gasteiger partial charge is 0.216 e. The summed E-state index contributed by atoms with van der Waals surface area (Å²) in [7, 11) is -3.01. The molecule has 14 heavy (non-hydrogen) atoms. The van der Waals surface area contributed by atoms with Crippen LogP contribution in [-0.4, -0.2) is 42.3 Å². The van der Waals surface area contributed by atoms with Crippen molar-refractivity contribution in [3.63, 3.8) is 0 Å². The predicted molar refractivity (Wildman–Crippen MR) is 53.4 cm³/mol. The van der Waals surface area contributed by atoms with Gasteiger partial charge in [-0.25, -0.2) is 12.7 Å². The molecule has 0 spiro atoms. The molecule has 0 radical (unpaired) electrons. The Balaban J connectivity index is 2.03. The van der Waals surface area contributed by atoms with Crippen molar-refractivity contribution in [2.75, 3.05) is 13.1 Å². The van der Waals surface area contributed by atoms with E-state index in [1.165, 1.54) is 0 Å². The first-order chi connectivity index (χ1) is 6.60. The second-order valence-electron chi connectivity index (χ2n) is 4.23. The predicted octanol–water partition coefficient (Wildman–Crippen LogP) is 0.325. The monoisotopic (exact) mass is 219 g/mol. The Morgan fingerprint density at radius 2 is 1.79 bits per heavy atom. The molecule has 82 valence electrons. The highest BCUT2D eigenvalue weighted by Crippen LogP contribution is 2.31. The molecule has 0 aromatic heterocycles. The molecule has 4 nitrogen and oxygen atoms in total. The lowest BCUT2D eigenvalue weighted by atomic mass is 10.2. The van der Waals surface area contributed by atoms with E-state index in [9.17, 15) is 13.5 Å². The molecule has 1 aliphatic carbocycles. The van der Waals surface area contributed by atoms with Crippen LogP contribution in [0.1, 0.15) is 32.1 Å². The zero-order valence-corrected chi connectivity index (χ0v) is 9.04. The number of rotatable bonds is 2. The summed E-state index contributed by atoms with van der Waals surface area (Å²) in [6, 6.07) is 0. The van der Waals surface area contributed by atoms with Crippen molar-refractivity contribution in [1.29, 1.82) is 0 Å². The summed E-state index contributed by atoms with van der Waals surface area (Å²) in [6.07, 6.45) is 3.44. The quantitative estimate of drug-likeness (QED) is 0.728. The third-order valence-corrected chi connectivity index (χ3v) is 5.36. The highest BCUT2D eigenvalue weighted by molar-refractivity contribution is 7.90. The maximum Gasteiger partial charge on any atom is 0.216 e. The van der Waals surface area contributed by atoms with Crippen molar-refractivity contribution in [2.45, 2.75) is 43.5 Å². The third kappa shape index (κ3) is 2.10. The molecule has 1 heterocycles. The lowest BCUT2D eigenvalue weighted by Gasteiger charge is -2.19. The van der Waals surface area contributed by atoms with E-state index in [2.05, 4.69) is 0 Å². The van der Waals surface area contributed by atoms with Crippen molar-refractivity contribution in [2.24, 2.45) is 0 Å². The van der Waals surface area contributed by atoms with Gasteiger partial charge < -0.3 is 5.11 Å². The van der Waals surface area contributed by atoms with E-state index >= 15 is 0 Å². The Morgan fingerprint density at radius 3 is 2.43 bits per heavy atom. The second-order valence-corrected chi connectivity index (χ2v) is 6.44. The lowest BCUT2D eigenvalue weighted by Crippen LogP contribution is -2.34. The normalized spacial score (nSPS) is 31.4. The number of hydrogen-bond donors (Lipinski definition) is 1. The summed E-state index contributed by atoms with van der Waals surface area (Å²) < 4.78 is 25.3. The highest BCUT2D eigenvalue weighted by Gasteiger charge is 2.40. The van der Waals surface area contributed by atoms with Crippen molar-refractivity contribution in [1.82, 2.24) is 4.31 Å². The molecule has 1 unspecified atom stereocenters. The van der Waals surface area contributed by atoms with Gasteiger partial charge in [-0.05, 0) is 32.1 Å². The molecular weight excluding hydrogens is 202 g/mol. The Bertz CT molecular complexity index is 297. The maximum absolute atomic E-state index is 11.9. The average Bonchev–Trinajstić information content (AvgIpc) is 2.89. The van der Waals surface area contributed by atoms with Crippen LogP contribution in [0.4, 0.5) is 0 Å². The number of hydrogen-bond acceptors (Lipinski definition) is 3. The van der Waals surface area contributed by atoms with Crippen LogP contribution >= 0.6 is 0 Å². The summed E-state index contributed by atoms with van der Waals surface area (Å²) >= 11 is 0. The summed E-state index contributed by atoms with van der Waals surface area (Å²) in [6.45, 7) is 1.09. The van der Waals surface area contributed by atoms with Crippen LogP contribution in [0, 0.1) is 0 Å². The lowest BCUT2D eigenvalue weighted by molar-refractivity contribution is 0.159. The minimum Gasteiger partial charge on any atom is -0.393 e. The van der Waals surface area contributed by atoms with E-state index in [-0.39, 0.29) is 11.4 Å². The van der Waals surface area contributed by atoms with Crippen LogP contribution < -0.4 is 0 Å². The maximum atomic E-state index is 11.9. The first kappa shape index (κ1) is 10.4. The van der Waals surface area contributed by atoms with Gasteiger partial charge >= 0.3 is 0 Å². The van der Waals surface area contributed by atoms with Gasteiger partial charge in [0, 0.05) is 13.1 Å². The molecule has 1 saturated heterocycles. The zero-order valence-electron chi connectivity index (χ0n) is 8.22. The number of nitrogens with zero attached hydrogens (tertiary/aromatic N) is 1. The van der Waals surface area contributed by atoms with Gasteiger partial charge in [-0.1, -0.05) is 0 Å². The van der Waals surface area contributed by atoms with Crippen molar-refractivity contribution in [3.05, 3.63) is 0 Å². The molecule has 0 aromatic carbocycles. The van der Waals surface area contributed by atoms with Crippen molar-refractivity contribution >= 4 is 10.0 Å². The van der Waals surface area contributed by atoms with E-state index in [4.69, 9.17) is 0 Å². The van der Waals surface area contributed by atoms with Crippen LogP contribution in [0.15, 0.2) is 0 Å². The van der Waals surface area contributed by atoms with E-state index in [1.807, 2.05) is 0 Å². The van der Waals surface area contributed by atoms with Crippen LogP contribution in [0.2, 0.25) is 0 Å². The number of sulfonamides is 1. The molecule has 1 atom stereocenters. The molecule has 5 heteroatoms. The Morgan fingerprint density at radius 1 is 1.07 bits per heavy atom. The Hall–Kier alpha value is -0.130. The van der Waals surface area contributed by atoms with Crippen molar-refractivity contribution < 1.29 is 13.5 Å². The van der Waals surface area contributed by atoms with E-state index < -0.39 is 10.0 Å². The number of aliphatic hydroxyl groups excluding tert-OH is 1. The molecule has 0 amide bonds. The molecule has 1 N–H and O–H groups in total. The first-order valence-electron chi connectivity index (χ1n) is 5.28. The van der Waals surface area contributed by atoms with E-state index in [1.54, 1.807) is 4.31 Å². The minimum atomic E-state index is -3.01. The van der Waals surface area contributed by atoms with Crippen LogP contribution in [0.25, 0.3) is 0 Å². The molecule has 2 rings (SSSR count). The molecule has 1 aliphatic heterocycles. The molecule has 2 aliphatic rings. The minimum absolute atomic E-state index is 0.113. The SMILES string of the molecule is O=S(=O)(C1CC1)N1CCCC(O)CC1. The zero-order chi connectivity index (χ0) is 10.2. The van der Waals surface area contributed by atoms with Crippen molar-refractivity contribution in [3.8, 4) is 0 Å². The molecular formula is C9H17NO3S.